The fraction of sp³-hybridized carbons (Fsp3) is 0.333. The number of aromatic nitrogens is 2. The molecular weight excluding hydrogens is 324 g/mol. The number of fused-ring (bicyclic) bond motifs is 1. The predicted molar refractivity (Wildman–Crippen MR) is 103 cm³/mol. The molecule has 1 aromatic heterocycles. The molecule has 1 saturated carbocycles. The Hall–Kier alpha value is -2.82. The number of urea groups is 1. The maximum atomic E-state index is 12.6. The van der Waals surface area contributed by atoms with Gasteiger partial charge in [-0.15, -0.1) is 0 Å². The van der Waals surface area contributed by atoms with E-state index in [1.54, 1.807) is 0 Å². The van der Waals surface area contributed by atoms with E-state index < -0.39 is 0 Å². The van der Waals surface area contributed by atoms with Crippen LogP contribution in [0.4, 0.5) is 4.79 Å². The largest absolute Gasteiger partial charge is 0.335 e. The number of para-hydroxylation sites is 2. The van der Waals surface area contributed by atoms with Gasteiger partial charge in [-0.1, -0.05) is 49.4 Å². The number of benzene rings is 2. The van der Waals surface area contributed by atoms with Gasteiger partial charge in [0.1, 0.15) is 11.9 Å². The normalized spacial score (nSPS) is 20.4. The van der Waals surface area contributed by atoms with Crippen LogP contribution in [0, 0.1) is 5.92 Å². The molecule has 5 heteroatoms. The zero-order chi connectivity index (χ0) is 18.1. The van der Waals surface area contributed by atoms with E-state index >= 15 is 0 Å². The van der Waals surface area contributed by atoms with Gasteiger partial charge in [0.2, 0.25) is 0 Å². The molecule has 4 rings (SSSR count). The fourth-order valence-corrected chi connectivity index (χ4v) is 3.74. The van der Waals surface area contributed by atoms with E-state index in [0.717, 1.165) is 35.3 Å². The quantitative estimate of drug-likeness (QED) is 0.754. The molecule has 1 heterocycles. The Morgan fingerprint density at radius 3 is 2.50 bits per heavy atom. The van der Waals surface area contributed by atoms with Crippen LogP contribution in [0.2, 0.25) is 0 Å². The third kappa shape index (κ3) is 3.17. The molecule has 1 aliphatic carbocycles. The van der Waals surface area contributed by atoms with E-state index in [2.05, 4.69) is 22.1 Å². The average Bonchev–Trinajstić information content (AvgIpc) is 2.96. The summed E-state index contributed by atoms with van der Waals surface area (Å²) in [6.07, 6.45) is 2.10. The van der Waals surface area contributed by atoms with Crippen molar-refractivity contribution >= 4 is 17.1 Å². The van der Waals surface area contributed by atoms with Gasteiger partial charge in [0.15, 0.2) is 0 Å². The molecule has 0 spiro atoms. The van der Waals surface area contributed by atoms with Crippen molar-refractivity contribution in [1.29, 1.82) is 0 Å². The summed E-state index contributed by atoms with van der Waals surface area (Å²) in [4.78, 5) is 17.4. The lowest BCUT2D eigenvalue weighted by Gasteiger charge is -2.33. The Morgan fingerprint density at radius 1 is 1.12 bits per heavy atom. The number of imidazole rings is 1. The molecule has 0 aliphatic heterocycles. The molecule has 2 aromatic carbocycles. The summed E-state index contributed by atoms with van der Waals surface area (Å²) >= 11 is 0. The summed E-state index contributed by atoms with van der Waals surface area (Å²) in [6.45, 7) is 2.21. The van der Waals surface area contributed by atoms with Crippen LogP contribution in [0.15, 0.2) is 54.6 Å². The van der Waals surface area contributed by atoms with E-state index in [9.17, 15) is 4.79 Å². The molecule has 1 aliphatic rings. The smallest absolute Gasteiger partial charge is 0.315 e. The second kappa shape index (κ2) is 6.83. The van der Waals surface area contributed by atoms with E-state index in [-0.39, 0.29) is 18.1 Å². The number of nitrogens with zero attached hydrogens (tertiary/aromatic N) is 2. The lowest BCUT2D eigenvalue weighted by molar-refractivity contribution is 0.208. The molecule has 1 atom stereocenters. The first kappa shape index (κ1) is 16.6. The number of nitrogens with one attached hydrogen (secondary N) is 2. The van der Waals surface area contributed by atoms with Crippen LogP contribution in [-0.4, -0.2) is 21.6 Å². The molecule has 0 saturated heterocycles. The van der Waals surface area contributed by atoms with Crippen LogP contribution in [0.3, 0.4) is 0 Å². The van der Waals surface area contributed by atoms with Gasteiger partial charge in [0, 0.05) is 13.1 Å². The van der Waals surface area contributed by atoms with E-state index in [0.29, 0.717) is 5.92 Å². The van der Waals surface area contributed by atoms with Gasteiger partial charge in [-0.25, -0.2) is 9.78 Å². The Kier molecular flexibility index (Phi) is 4.37. The topological polar surface area (TPSA) is 59.0 Å². The first-order valence-corrected chi connectivity index (χ1v) is 9.15. The Bertz CT molecular complexity index is 912. The second-order valence-electron chi connectivity index (χ2n) is 7.25. The van der Waals surface area contributed by atoms with Crippen LogP contribution < -0.4 is 10.6 Å². The van der Waals surface area contributed by atoms with Gasteiger partial charge in [-0.3, -0.25) is 0 Å². The highest BCUT2D eigenvalue weighted by molar-refractivity contribution is 5.78. The van der Waals surface area contributed by atoms with Crippen LogP contribution in [0.5, 0.6) is 0 Å². The minimum Gasteiger partial charge on any atom is -0.335 e. The molecule has 5 nitrogen and oxygen atoms in total. The standard InChI is InChI=1S/C21H24N4O/c1-14-12-16(13-14)22-21(26)24-19(15-8-4-3-5-9-15)20-23-17-10-6-7-11-18(17)25(20)2/h3-11,14,16,19H,12-13H2,1-2H3,(H2,22,24,26)/t14?,16?,19-/m0/s1. The predicted octanol–water partition coefficient (Wildman–Crippen LogP) is 3.76. The van der Waals surface area contributed by atoms with Gasteiger partial charge >= 0.3 is 6.03 Å². The summed E-state index contributed by atoms with van der Waals surface area (Å²) in [5.74, 6) is 1.53. The van der Waals surface area contributed by atoms with Crippen molar-refractivity contribution in [3.8, 4) is 0 Å². The molecule has 3 aromatic rings. The van der Waals surface area contributed by atoms with Gasteiger partial charge in [0.05, 0.1) is 11.0 Å². The van der Waals surface area contributed by atoms with E-state index in [1.165, 1.54) is 0 Å². The second-order valence-corrected chi connectivity index (χ2v) is 7.25. The molecule has 134 valence electrons. The van der Waals surface area contributed by atoms with Crippen molar-refractivity contribution < 1.29 is 4.79 Å². The lowest BCUT2D eigenvalue weighted by Crippen LogP contribution is -2.48. The molecule has 0 radical (unpaired) electrons. The summed E-state index contributed by atoms with van der Waals surface area (Å²) < 4.78 is 2.05. The Balaban J connectivity index is 1.64. The number of hydrogen-bond donors (Lipinski definition) is 2. The molecule has 26 heavy (non-hydrogen) atoms. The van der Waals surface area contributed by atoms with Gasteiger partial charge in [-0.05, 0) is 36.5 Å². The molecule has 2 amide bonds. The Morgan fingerprint density at radius 2 is 1.81 bits per heavy atom. The highest BCUT2D eigenvalue weighted by atomic mass is 16.2. The fourth-order valence-electron chi connectivity index (χ4n) is 3.74. The third-order valence-electron chi connectivity index (χ3n) is 5.20. The number of carbonyl (C=O) groups is 1. The minimum atomic E-state index is -0.300. The van der Waals surface area contributed by atoms with Crippen molar-refractivity contribution in [3.05, 3.63) is 66.0 Å². The van der Waals surface area contributed by atoms with Crippen molar-refractivity contribution in [2.45, 2.75) is 31.8 Å². The molecule has 2 N–H and O–H groups in total. The number of hydrogen-bond acceptors (Lipinski definition) is 2. The van der Waals surface area contributed by atoms with Crippen molar-refractivity contribution in [2.24, 2.45) is 13.0 Å². The highest BCUT2D eigenvalue weighted by Crippen LogP contribution is 2.27. The average molecular weight is 348 g/mol. The molecular formula is C21H24N4O. The molecule has 0 bridgehead atoms. The maximum Gasteiger partial charge on any atom is 0.315 e. The van der Waals surface area contributed by atoms with Crippen LogP contribution >= 0.6 is 0 Å². The number of rotatable bonds is 4. The summed E-state index contributed by atoms with van der Waals surface area (Å²) in [5.41, 5.74) is 3.00. The minimum absolute atomic E-state index is 0.136. The third-order valence-corrected chi connectivity index (χ3v) is 5.20. The van der Waals surface area contributed by atoms with E-state index in [4.69, 9.17) is 4.98 Å². The van der Waals surface area contributed by atoms with Crippen LogP contribution in [-0.2, 0) is 7.05 Å². The first-order chi connectivity index (χ1) is 12.6. The van der Waals surface area contributed by atoms with Crippen molar-refractivity contribution in [2.75, 3.05) is 0 Å². The summed E-state index contributed by atoms with van der Waals surface area (Å²) in [6, 6.07) is 17.9. The Labute approximate surface area is 153 Å². The monoisotopic (exact) mass is 348 g/mol. The zero-order valence-electron chi connectivity index (χ0n) is 15.1. The summed E-state index contributed by atoms with van der Waals surface area (Å²) in [5, 5.41) is 6.21. The van der Waals surface area contributed by atoms with Gasteiger partial charge in [0.25, 0.3) is 0 Å². The highest BCUT2D eigenvalue weighted by Gasteiger charge is 2.28. The summed E-state index contributed by atoms with van der Waals surface area (Å²) in [7, 11) is 1.99. The molecule has 0 unspecified atom stereocenters. The van der Waals surface area contributed by atoms with Crippen LogP contribution in [0.1, 0.15) is 37.2 Å². The number of aryl methyl sites for hydroxylation is 1. The zero-order valence-corrected chi connectivity index (χ0v) is 15.1. The van der Waals surface area contributed by atoms with Gasteiger partial charge in [-0.2, -0.15) is 0 Å². The van der Waals surface area contributed by atoms with Crippen LogP contribution in [0.25, 0.3) is 11.0 Å². The van der Waals surface area contributed by atoms with Gasteiger partial charge < -0.3 is 15.2 Å². The number of amides is 2. The van der Waals surface area contributed by atoms with Crippen molar-refractivity contribution in [1.82, 2.24) is 20.2 Å². The lowest BCUT2D eigenvalue weighted by atomic mass is 9.82. The van der Waals surface area contributed by atoms with E-state index in [1.807, 2.05) is 61.6 Å². The first-order valence-electron chi connectivity index (χ1n) is 9.15. The maximum absolute atomic E-state index is 12.6. The van der Waals surface area contributed by atoms with Crippen molar-refractivity contribution in [3.63, 3.8) is 0 Å². The SMILES string of the molecule is CC1CC(NC(=O)N[C@@H](c2ccccc2)c2nc3ccccc3n2C)C1. The molecule has 1 fully saturated rings. The number of carbonyl (C=O) groups excluding carboxylic acids is 1.